The Balaban J connectivity index is 2.63. The van der Waals surface area contributed by atoms with E-state index in [0.717, 1.165) is 12.0 Å². The van der Waals surface area contributed by atoms with E-state index in [1.54, 1.807) is 12.1 Å². The van der Waals surface area contributed by atoms with E-state index in [1.807, 2.05) is 26.0 Å². The number of aliphatic hydroxyl groups excluding tert-OH is 1. The van der Waals surface area contributed by atoms with Gasteiger partial charge in [0.2, 0.25) is 0 Å². The number of carbonyl (C=O) groups excluding carboxylic acids is 1. The predicted molar refractivity (Wildman–Crippen MR) is 57.4 cm³/mol. The molecule has 0 aromatic heterocycles. The number of rotatable bonds is 4. The van der Waals surface area contributed by atoms with E-state index in [4.69, 9.17) is 4.74 Å². The van der Waals surface area contributed by atoms with Crippen LogP contribution in [-0.2, 0) is 9.53 Å². The second-order valence-corrected chi connectivity index (χ2v) is 3.48. The Morgan fingerprint density at radius 2 is 2.00 bits per heavy atom. The standard InChI is InChI=1S/C12H16O3/c1-3-8-15-12(14)11(13)10-6-4-9(2)5-7-10/h4-7,11,13H,3,8H2,1-2H3. The lowest BCUT2D eigenvalue weighted by molar-refractivity contribution is -0.153. The van der Waals surface area contributed by atoms with Crippen LogP contribution >= 0.6 is 0 Å². The summed E-state index contributed by atoms with van der Waals surface area (Å²) in [6, 6.07) is 7.16. The molecule has 0 saturated heterocycles. The molecule has 1 aromatic carbocycles. The highest BCUT2D eigenvalue weighted by atomic mass is 16.5. The number of aliphatic hydroxyl groups is 1. The zero-order chi connectivity index (χ0) is 11.3. The van der Waals surface area contributed by atoms with Gasteiger partial charge in [0, 0.05) is 0 Å². The van der Waals surface area contributed by atoms with Crippen LogP contribution in [0.1, 0.15) is 30.6 Å². The summed E-state index contributed by atoms with van der Waals surface area (Å²) in [5, 5.41) is 9.63. The van der Waals surface area contributed by atoms with Gasteiger partial charge in [0.25, 0.3) is 0 Å². The van der Waals surface area contributed by atoms with Crippen LogP contribution in [0.15, 0.2) is 24.3 Å². The van der Waals surface area contributed by atoms with E-state index in [9.17, 15) is 9.90 Å². The Kier molecular flexibility index (Phi) is 4.31. The van der Waals surface area contributed by atoms with Gasteiger partial charge in [-0.1, -0.05) is 36.8 Å². The van der Waals surface area contributed by atoms with Crippen molar-refractivity contribution in [2.75, 3.05) is 6.61 Å². The number of hydrogen-bond donors (Lipinski definition) is 1. The van der Waals surface area contributed by atoms with Crippen LogP contribution in [0.4, 0.5) is 0 Å². The molecule has 1 rings (SSSR count). The van der Waals surface area contributed by atoms with E-state index < -0.39 is 12.1 Å². The van der Waals surface area contributed by atoms with Gasteiger partial charge in [0.1, 0.15) is 0 Å². The van der Waals surface area contributed by atoms with Crippen LogP contribution in [0.5, 0.6) is 0 Å². The number of ether oxygens (including phenoxy) is 1. The van der Waals surface area contributed by atoms with Gasteiger partial charge in [-0.05, 0) is 18.9 Å². The Hall–Kier alpha value is -1.35. The highest BCUT2D eigenvalue weighted by molar-refractivity contribution is 5.76. The molecular formula is C12H16O3. The van der Waals surface area contributed by atoms with Crippen LogP contribution in [0, 0.1) is 6.92 Å². The maximum absolute atomic E-state index is 11.3. The molecule has 0 aliphatic carbocycles. The molecule has 0 aliphatic heterocycles. The van der Waals surface area contributed by atoms with Gasteiger partial charge in [-0.25, -0.2) is 4.79 Å². The molecule has 0 bridgehead atoms. The third-order valence-electron chi connectivity index (χ3n) is 2.06. The third-order valence-corrected chi connectivity index (χ3v) is 2.06. The molecule has 0 radical (unpaired) electrons. The van der Waals surface area contributed by atoms with Crippen molar-refractivity contribution in [1.82, 2.24) is 0 Å². The lowest BCUT2D eigenvalue weighted by atomic mass is 10.1. The predicted octanol–water partition coefficient (Wildman–Crippen LogP) is 1.98. The number of benzene rings is 1. The summed E-state index contributed by atoms with van der Waals surface area (Å²) in [7, 11) is 0. The smallest absolute Gasteiger partial charge is 0.339 e. The van der Waals surface area contributed by atoms with E-state index in [-0.39, 0.29) is 0 Å². The van der Waals surface area contributed by atoms with Crippen LogP contribution in [0.3, 0.4) is 0 Å². The van der Waals surface area contributed by atoms with Crippen molar-refractivity contribution < 1.29 is 14.6 Å². The van der Waals surface area contributed by atoms with Gasteiger partial charge >= 0.3 is 5.97 Å². The Morgan fingerprint density at radius 1 is 1.40 bits per heavy atom. The number of aryl methyl sites for hydroxylation is 1. The van der Waals surface area contributed by atoms with E-state index in [0.29, 0.717) is 12.2 Å². The lowest BCUT2D eigenvalue weighted by Gasteiger charge is -2.10. The second kappa shape index (κ2) is 5.51. The minimum atomic E-state index is -1.17. The van der Waals surface area contributed by atoms with Crippen molar-refractivity contribution in [2.45, 2.75) is 26.4 Å². The first-order chi connectivity index (χ1) is 7.15. The van der Waals surface area contributed by atoms with Crippen LogP contribution in [0.25, 0.3) is 0 Å². The van der Waals surface area contributed by atoms with Crippen molar-refractivity contribution >= 4 is 5.97 Å². The zero-order valence-electron chi connectivity index (χ0n) is 9.06. The van der Waals surface area contributed by atoms with Crippen molar-refractivity contribution in [3.05, 3.63) is 35.4 Å². The molecule has 1 aromatic rings. The van der Waals surface area contributed by atoms with Gasteiger partial charge in [0.15, 0.2) is 6.10 Å². The number of hydrogen-bond acceptors (Lipinski definition) is 3. The molecule has 0 fully saturated rings. The summed E-state index contributed by atoms with van der Waals surface area (Å²) in [4.78, 5) is 11.3. The Morgan fingerprint density at radius 3 is 2.53 bits per heavy atom. The summed E-state index contributed by atoms with van der Waals surface area (Å²) < 4.78 is 4.85. The molecular weight excluding hydrogens is 192 g/mol. The average Bonchev–Trinajstić information content (AvgIpc) is 2.26. The highest BCUT2D eigenvalue weighted by Crippen LogP contribution is 2.15. The first-order valence-corrected chi connectivity index (χ1v) is 5.06. The largest absolute Gasteiger partial charge is 0.464 e. The molecule has 1 unspecified atom stereocenters. The van der Waals surface area contributed by atoms with Gasteiger partial charge in [-0.2, -0.15) is 0 Å². The quantitative estimate of drug-likeness (QED) is 0.769. The number of esters is 1. The SMILES string of the molecule is CCCOC(=O)C(O)c1ccc(C)cc1. The zero-order valence-corrected chi connectivity index (χ0v) is 9.06. The molecule has 82 valence electrons. The van der Waals surface area contributed by atoms with Crippen molar-refractivity contribution in [2.24, 2.45) is 0 Å². The molecule has 1 N–H and O–H groups in total. The maximum atomic E-state index is 11.3. The van der Waals surface area contributed by atoms with Gasteiger partial charge in [-0.3, -0.25) is 0 Å². The van der Waals surface area contributed by atoms with E-state index in [1.165, 1.54) is 0 Å². The van der Waals surface area contributed by atoms with Crippen LogP contribution in [-0.4, -0.2) is 17.7 Å². The fourth-order valence-electron chi connectivity index (χ4n) is 1.17. The van der Waals surface area contributed by atoms with Crippen molar-refractivity contribution in [1.29, 1.82) is 0 Å². The average molecular weight is 208 g/mol. The van der Waals surface area contributed by atoms with Crippen LogP contribution < -0.4 is 0 Å². The molecule has 15 heavy (non-hydrogen) atoms. The monoisotopic (exact) mass is 208 g/mol. The highest BCUT2D eigenvalue weighted by Gasteiger charge is 2.18. The first-order valence-electron chi connectivity index (χ1n) is 5.06. The summed E-state index contributed by atoms with van der Waals surface area (Å²) in [5.41, 5.74) is 1.66. The first kappa shape index (κ1) is 11.7. The van der Waals surface area contributed by atoms with Gasteiger partial charge in [-0.15, -0.1) is 0 Å². The lowest BCUT2D eigenvalue weighted by Crippen LogP contribution is -2.15. The Labute approximate surface area is 89.7 Å². The fraction of sp³-hybridized carbons (Fsp3) is 0.417. The topological polar surface area (TPSA) is 46.5 Å². The van der Waals surface area contributed by atoms with E-state index >= 15 is 0 Å². The number of carbonyl (C=O) groups is 1. The Bertz CT molecular complexity index is 316. The van der Waals surface area contributed by atoms with E-state index in [2.05, 4.69) is 0 Å². The minimum Gasteiger partial charge on any atom is -0.464 e. The molecule has 0 heterocycles. The second-order valence-electron chi connectivity index (χ2n) is 3.48. The molecule has 1 atom stereocenters. The molecule has 3 nitrogen and oxygen atoms in total. The van der Waals surface area contributed by atoms with Crippen molar-refractivity contribution in [3.8, 4) is 0 Å². The third kappa shape index (κ3) is 3.36. The normalized spacial score (nSPS) is 12.2. The summed E-state index contributed by atoms with van der Waals surface area (Å²) in [5.74, 6) is -0.583. The molecule has 0 saturated carbocycles. The maximum Gasteiger partial charge on any atom is 0.339 e. The minimum absolute atomic E-state index is 0.349. The molecule has 0 aliphatic rings. The van der Waals surface area contributed by atoms with Gasteiger partial charge < -0.3 is 9.84 Å². The molecule has 0 amide bonds. The fourth-order valence-corrected chi connectivity index (χ4v) is 1.17. The van der Waals surface area contributed by atoms with Crippen LogP contribution in [0.2, 0.25) is 0 Å². The molecule has 3 heteroatoms. The van der Waals surface area contributed by atoms with Gasteiger partial charge in [0.05, 0.1) is 6.61 Å². The summed E-state index contributed by atoms with van der Waals surface area (Å²) in [6.07, 6.45) is -0.413. The molecule has 0 spiro atoms. The summed E-state index contributed by atoms with van der Waals surface area (Å²) >= 11 is 0. The van der Waals surface area contributed by atoms with Crippen molar-refractivity contribution in [3.63, 3.8) is 0 Å². The summed E-state index contributed by atoms with van der Waals surface area (Å²) in [6.45, 7) is 4.21.